The minimum atomic E-state index is -0.0429. The van der Waals surface area contributed by atoms with Crippen LogP contribution in [0.4, 0.5) is 0 Å². The number of carbonyl (C=O) groups excluding carboxylic acids is 2. The molecule has 2 heterocycles. The van der Waals surface area contributed by atoms with E-state index in [4.69, 9.17) is 17.3 Å². The summed E-state index contributed by atoms with van der Waals surface area (Å²) in [6.45, 7) is 1.65. The molecule has 1 atom stereocenters. The van der Waals surface area contributed by atoms with Gasteiger partial charge in [-0.15, -0.1) is 11.3 Å². The molecule has 23 heavy (non-hydrogen) atoms. The van der Waals surface area contributed by atoms with Crippen LogP contribution in [0.5, 0.6) is 0 Å². The highest BCUT2D eigenvalue weighted by molar-refractivity contribution is 7.16. The molecule has 0 bridgehead atoms. The van der Waals surface area contributed by atoms with Gasteiger partial charge < -0.3 is 16.0 Å². The number of hydrogen-bond acceptors (Lipinski definition) is 4. The van der Waals surface area contributed by atoms with Crippen LogP contribution in [-0.2, 0) is 16.0 Å². The first-order chi connectivity index (χ1) is 11.1. The summed E-state index contributed by atoms with van der Waals surface area (Å²) in [5, 5.41) is 2.89. The maximum absolute atomic E-state index is 12.5. The van der Waals surface area contributed by atoms with Crippen LogP contribution < -0.4 is 11.1 Å². The van der Waals surface area contributed by atoms with Crippen LogP contribution in [0.15, 0.2) is 12.1 Å². The van der Waals surface area contributed by atoms with E-state index in [0.29, 0.717) is 25.9 Å². The predicted molar refractivity (Wildman–Crippen MR) is 93.7 cm³/mol. The molecule has 0 spiro atoms. The number of carbonyl (C=O) groups is 2. The highest BCUT2D eigenvalue weighted by Crippen LogP contribution is 2.23. The number of hydrogen-bond donors (Lipinski definition) is 2. The van der Waals surface area contributed by atoms with Gasteiger partial charge in [0.2, 0.25) is 11.8 Å². The van der Waals surface area contributed by atoms with E-state index in [-0.39, 0.29) is 17.9 Å². The van der Waals surface area contributed by atoms with Gasteiger partial charge in [-0.2, -0.15) is 0 Å². The molecule has 3 N–H and O–H groups in total. The second kappa shape index (κ2) is 9.25. The Labute approximate surface area is 146 Å². The van der Waals surface area contributed by atoms with E-state index in [1.807, 2.05) is 17.0 Å². The van der Waals surface area contributed by atoms with Gasteiger partial charge in [0, 0.05) is 43.4 Å². The molecule has 2 rings (SSSR count). The summed E-state index contributed by atoms with van der Waals surface area (Å²) in [5.41, 5.74) is 5.38. The summed E-state index contributed by atoms with van der Waals surface area (Å²) < 4.78 is 0.755. The molecular formula is C16H24ClN3O2S. The standard InChI is InChI=1S/C16H24ClN3O2S/c17-14-6-4-13(23-14)5-7-16(22)20-10-2-1-3-12(20)11-19-15(21)8-9-18/h4,6,12H,1-3,5,7-11,18H2,(H,19,21). The molecule has 1 unspecified atom stereocenters. The maximum Gasteiger partial charge on any atom is 0.223 e. The van der Waals surface area contributed by atoms with E-state index in [2.05, 4.69) is 5.32 Å². The molecule has 0 aliphatic carbocycles. The Morgan fingerprint density at radius 2 is 2.17 bits per heavy atom. The molecule has 5 nitrogen and oxygen atoms in total. The molecule has 0 radical (unpaired) electrons. The average molecular weight is 358 g/mol. The third-order valence-corrected chi connectivity index (χ3v) is 5.36. The number of piperidine rings is 1. The first-order valence-corrected chi connectivity index (χ1v) is 9.30. The summed E-state index contributed by atoms with van der Waals surface area (Å²) in [6, 6.07) is 3.94. The van der Waals surface area contributed by atoms with Gasteiger partial charge in [0.15, 0.2) is 0 Å². The van der Waals surface area contributed by atoms with Crippen molar-refractivity contribution in [3.8, 4) is 0 Å². The summed E-state index contributed by atoms with van der Waals surface area (Å²) >= 11 is 7.44. The Hall–Kier alpha value is -1.11. The van der Waals surface area contributed by atoms with Crippen molar-refractivity contribution in [2.24, 2.45) is 5.73 Å². The minimum absolute atomic E-state index is 0.0429. The van der Waals surface area contributed by atoms with Gasteiger partial charge in [0.1, 0.15) is 0 Å². The smallest absolute Gasteiger partial charge is 0.223 e. The van der Waals surface area contributed by atoms with Crippen molar-refractivity contribution in [1.29, 1.82) is 0 Å². The first-order valence-electron chi connectivity index (χ1n) is 8.10. The summed E-state index contributed by atoms with van der Waals surface area (Å²) in [5.74, 6) is 0.117. The second-order valence-electron chi connectivity index (χ2n) is 5.79. The number of amides is 2. The molecule has 1 aromatic rings. The zero-order valence-electron chi connectivity index (χ0n) is 13.2. The van der Waals surface area contributed by atoms with Crippen molar-refractivity contribution >= 4 is 34.8 Å². The van der Waals surface area contributed by atoms with E-state index in [1.54, 1.807) is 0 Å². The van der Waals surface area contributed by atoms with E-state index in [0.717, 1.165) is 41.4 Å². The number of rotatable bonds is 7. The van der Waals surface area contributed by atoms with Crippen LogP contribution in [0, 0.1) is 0 Å². The highest BCUT2D eigenvalue weighted by Gasteiger charge is 2.26. The molecule has 1 aliphatic heterocycles. The topological polar surface area (TPSA) is 75.4 Å². The number of halogens is 1. The van der Waals surface area contributed by atoms with Gasteiger partial charge in [-0.05, 0) is 37.8 Å². The van der Waals surface area contributed by atoms with Gasteiger partial charge in [0.05, 0.1) is 4.34 Å². The van der Waals surface area contributed by atoms with Crippen molar-refractivity contribution in [2.75, 3.05) is 19.6 Å². The van der Waals surface area contributed by atoms with Gasteiger partial charge in [-0.1, -0.05) is 11.6 Å². The largest absolute Gasteiger partial charge is 0.354 e. The van der Waals surface area contributed by atoms with E-state index in [9.17, 15) is 9.59 Å². The van der Waals surface area contributed by atoms with Gasteiger partial charge in [-0.25, -0.2) is 0 Å². The van der Waals surface area contributed by atoms with Crippen LogP contribution in [0.2, 0.25) is 4.34 Å². The minimum Gasteiger partial charge on any atom is -0.354 e. The number of nitrogens with zero attached hydrogens (tertiary/aromatic N) is 1. The highest BCUT2D eigenvalue weighted by atomic mass is 35.5. The monoisotopic (exact) mass is 357 g/mol. The van der Waals surface area contributed by atoms with E-state index >= 15 is 0 Å². The van der Waals surface area contributed by atoms with Crippen molar-refractivity contribution in [2.45, 2.75) is 44.6 Å². The Morgan fingerprint density at radius 3 is 2.87 bits per heavy atom. The number of nitrogens with two attached hydrogens (primary N) is 1. The lowest BCUT2D eigenvalue weighted by Crippen LogP contribution is -2.49. The first kappa shape index (κ1) is 18.2. The molecule has 2 amide bonds. The number of aryl methyl sites for hydroxylation is 1. The fourth-order valence-electron chi connectivity index (χ4n) is 2.85. The fourth-order valence-corrected chi connectivity index (χ4v) is 3.94. The molecule has 0 saturated carbocycles. The summed E-state index contributed by atoms with van der Waals surface area (Å²) in [4.78, 5) is 27.2. The maximum atomic E-state index is 12.5. The summed E-state index contributed by atoms with van der Waals surface area (Å²) in [7, 11) is 0. The van der Waals surface area contributed by atoms with Crippen LogP contribution >= 0.6 is 22.9 Å². The number of likely N-dealkylation sites (tertiary alicyclic amines) is 1. The van der Waals surface area contributed by atoms with E-state index < -0.39 is 0 Å². The molecule has 0 aromatic carbocycles. The van der Waals surface area contributed by atoms with Crippen molar-refractivity contribution < 1.29 is 9.59 Å². The Morgan fingerprint density at radius 1 is 1.35 bits per heavy atom. The Balaban J connectivity index is 1.83. The second-order valence-corrected chi connectivity index (χ2v) is 7.58. The summed E-state index contributed by atoms with van der Waals surface area (Å²) in [6.07, 6.45) is 4.62. The van der Waals surface area contributed by atoms with Crippen molar-refractivity contribution in [3.05, 3.63) is 21.3 Å². The molecular weight excluding hydrogens is 334 g/mol. The Kier molecular flexibility index (Phi) is 7.33. The van der Waals surface area contributed by atoms with Crippen LogP contribution in [0.3, 0.4) is 0 Å². The van der Waals surface area contributed by atoms with Crippen LogP contribution in [0.25, 0.3) is 0 Å². The normalized spacial score (nSPS) is 18.0. The molecule has 1 aromatic heterocycles. The molecule has 1 saturated heterocycles. The fraction of sp³-hybridized carbons (Fsp3) is 0.625. The Bertz CT molecular complexity index is 535. The molecule has 128 valence electrons. The molecule has 1 aliphatic rings. The third kappa shape index (κ3) is 5.79. The predicted octanol–water partition coefficient (Wildman–Crippen LogP) is 2.18. The zero-order chi connectivity index (χ0) is 16.7. The van der Waals surface area contributed by atoms with Gasteiger partial charge in [0.25, 0.3) is 0 Å². The average Bonchev–Trinajstić information content (AvgIpc) is 2.97. The van der Waals surface area contributed by atoms with Gasteiger partial charge in [-0.3, -0.25) is 9.59 Å². The van der Waals surface area contributed by atoms with Crippen molar-refractivity contribution in [1.82, 2.24) is 10.2 Å². The lowest BCUT2D eigenvalue weighted by Gasteiger charge is -2.36. The molecule has 7 heteroatoms. The number of thiophene rings is 1. The number of nitrogens with one attached hydrogen (secondary N) is 1. The third-order valence-electron chi connectivity index (χ3n) is 4.07. The van der Waals surface area contributed by atoms with Crippen molar-refractivity contribution in [3.63, 3.8) is 0 Å². The quantitative estimate of drug-likeness (QED) is 0.785. The lowest BCUT2D eigenvalue weighted by atomic mass is 10.0. The van der Waals surface area contributed by atoms with Crippen LogP contribution in [-0.4, -0.2) is 42.4 Å². The SMILES string of the molecule is NCCC(=O)NCC1CCCCN1C(=O)CCc1ccc(Cl)s1. The lowest BCUT2D eigenvalue weighted by molar-refractivity contribution is -0.135. The zero-order valence-corrected chi connectivity index (χ0v) is 14.8. The molecule has 1 fully saturated rings. The van der Waals surface area contributed by atoms with Gasteiger partial charge >= 0.3 is 0 Å². The van der Waals surface area contributed by atoms with Crippen LogP contribution in [0.1, 0.15) is 37.0 Å². The van der Waals surface area contributed by atoms with E-state index in [1.165, 1.54) is 11.3 Å².